The van der Waals surface area contributed by atoms with Gasteiger partial charge in [-0.25, -0.2) is 13.2 Å². The van der Waals surface area contributed by atoms with Gasteiger partial charge in [0.15, 0.2) is 0 Å². The molecular formula is C13H24N2O5S. The first-order valence-corrected chi connectivity index (χ1v) is 8.72. The molecule has 0 unspecified atom stereocenters. The summed E-state index contributed by atoms with van der Waals surface area (Å²) >= 11 is 0. The van der Waals surface area contributed by atoms with Crippen molar-refractivity contribution in [1.29, 1.82) is 0 Å². The van der Waals surface area contributed by atoms with Crippen molar-refractivity contribution >= 4 is 21.8 Å². The number of aliphatic carboxylic acids is 1. The minimum absolute atomic E-state index is 0.0714. The summed E-state index contributed by atoms with van der Waals surface area (Å²) in [7, 11) is -2.97. The molecule has 1 rings (SSSR count). The molecule has 1 heterocycles. The summed E-state index contributed by atoms with van der Waals surface area (Å²) in [5, 5.41) is 14.6. The molecule has 0 aromatic carbocycles. The van der Waals surface area contributed by atoms with Crippen molar-refractivity contribution in [1.82, 2.24) is 10.6 Å². The third kappa shape index (κ3) is 4.33. The van der Waals surface area contributed by atoms with Gasteiger partial charge >= 0.3 is 12.0 Å². The second-order valence-corrected chi connectivity index (χ2v) is 8.88. The average Bonchev–Trinajstić information content (AvgIpc) is 2.30. The number of hydrogen-bond donors (Lipinski definition) is 3. The number of hydrogen-bond acceptors (Lipinski definition) is 4. The maximum absolute atomic E-state index is 12.0. The van der Waals surface area contributed by atoms with Crippen molar-refractivity contribution in [2.24, 2.45) is 5.41 Å². The van der Waals surface area contributed by atoms with Gasteiger partial charge in [0.1, 0.15) is 9.84 Å². The van der Waals surface area contributed by atoms with E-state index < -0.39 is 32.8 Å². The molecule has 2 amide bonds. The van der Waals surface area contributed by atoms with E-state index in [0.717, 1.165) is 0 Å². The second kappa shape index (κ2) is 5.82. The van der Waals surface area contributed by atoms with Crippen LogP contribution >= 0.6 is 0 Å². The number of urea groups is 1. The number of carbonyl (C=O) groups is 2. The minimum Gasteiger partial charge on any atom is -0.481 e. The van der Waals surface area contributed by atoms with Crippen molar-refractivity contribution in [3.05, 3.63) is 0 Å². The van der Waals surface area contributed by atoms with E-state index in [2.05, 4.69) is 10.6 Å². The molecule has 1 aliphatic rings. The molecule has 1 fully saturated rings. The van der Waals surface area contributed by atoms with Gasteiger partial charge in [-0.3, -0.25) is 4.79 Å². The molecule has 7 nitrogen and oxygen atoms in total. The fourth-order valence-electron chi connectivity index (χ4n) is 1.96. The predicted molar refractivity (Wildman–Crippen MR) is 78.8 cm³/mol. The fourth-order valence-corrected chi connectivity index (χ4v) is 3.45. The summed E-state index contributed by atoms with van der Waals surface area (Å²) in [6.45, 7) is 6.38. The summed E-state index contributed by atoms with van der Waals surface area (Å²) in [6.07, 6.45) is 0.775. The number of carboxylic acids is 1. The second-order valence-electron chi connectivity index (χ2n) is 6.58. The van der Waals surface area contributed by atoms with Crippen molar-refractivity contribution in [2.75, 3.05) is 11.5 Å². The van der Waals surface area contributed by atoms with Crippen molar-refractivity contribution in [2.45, 2.75) is 52.1 Å². The van der Waals surface area contributed by atoms with Crippen LogP contribution in [0, 0.1) is 5.41 Å². The van der Waals surface area contributed by atoms with E-state index in [-0.39, 0.29) is 17.5 Å². The van der Waals surface area contributed by atoms with Crippen LogP contribution < -0.4 is 10.6 Å². The maximum Gasteiger partial charge on any atom is 0.315 e. The molecule has 21 heavy (non-hydrogen) atoms. The molecule has 0 aromatic rings. The van der Waals surface area contributed by atoms with E-state index in [0.29, 0.717) is 12.8 Å². The Hall–Kier alpha value is -1.31. The van der Waals surface area contributed by atoms with Gasteiger partial charge in [-0.05, 0) is 40.5 Å². The van der Waals surface area contributed by atoms with Crippen LogP contribution in [-0.4, -0.2) is 48.6 Å². The highest BCUT2D eigenvalue weighted by Crippen LogP contribution is 2.30. The minimum atomic E-state index is -2.97. The molecule has 1 saturated heterocycles. The molecule has 8 heteroatoms. The third-order valence-corrected chi connectivity index (χ3v) is 6.13. The smallest absolute Gasteiger partial charge is 0.315 e. The molecule has 3 N–H and O–H groups in total. The Balaban J connectivity index is 2.60. The maximum atomic E-state index is 12.0. The molecule has 0 radical (unpaired) electrons. The molecule has 0 atom stereocenters. The number of nitrogens with one attached hydrogen (secondary N) is 2. The number of carboxylic acid groups (broad SMARTS) is 1. The zero-order valence-electron chi connectivity index (χ0n) is 12.9. The van der Waals surface area contributed by atoms with Gasteiger partial charge in [0.2, 0.25) is 0 Å². The molecule has 0 spiro atoms. The summed E-state index contributed by atoms with van der Waals surface area (Å²) in [5.41, 5.74) is -2.09. The van der Waals surface area contributed by atoms with Crippen LogP contribution in [0.1, 0.15) is 40.5 Å². The molecule has 0 aliphatic carbocycles. The predicted octanol–water partition coefficient (Wildman–Crippen LogP) is 0.752. The van der Waals surface area contributed by atoms with Crippen LogP contribution in [0.4, 0.5) is 4.79 Å². The number of amides is 2. The number of rotatable bonds is 4. The van der Waals surface area contributed by atoms with E-state index in [1.807, 2.05) is 0 Å². The first-order chi connectivity index (χ1) is 9.37. The Labute approximate surface area is 125 Å². The summed E-state index contributed by atoms with van der Waals surface area (Å²) in [6, 6.07) is -0.670. The lowest BCUT2D eigenvalue weighted by molar-refractivity contribution is -0.150. The van der Waals surface area contributed by atoms with E-state index >= 15 is 0 Å². The number of sulfone groups is 1. The average molecular weight is 320 g/mol. The van der Waals surface area contributed by atoms with Gasteiger partial charge in [-0.2, -0.15) is 0 Å². The van der Waals surface area contributed by atoms with Gasteiger partial charge in [0.05, 0.1) is 22.5 Å². The topological polar surface area (TPSA) is 113 Å². The van der Waals surface area contributed by atoms with Crippen LogP contribution in [0.3, 0.4) is 0 Å². The first-order valence-electron chi connectivity index (χ1n) is 6.90. The zero-order chi connectivity index (χ0) is 16.5. The highest BCUT2D eigenvalue weighted by molar-refractivity contribution is 7.91. The van der Waals surface area contributed by atoms with Crippen molar-refractivity contribution in [3.63, 3.8) is 0 Å². The van der Waals surface area contributed by atoms with E-state index in [4.69, 9.17) is 0 Å². The van der Waals surface area contributed by atoms with Crippen LogP contribution in [0.2, 0.25) is 0 Å². The van der Waals surface area contributed by atoms with Gasteiger partial charge < -0.3 is 15.7 Å². The fraction of sp³-hybridized carbons (Fsp3) is 0.846. The summed E-state index contributed by atoms with van der Waals surface area (Å²) in [5.74, 6) is -0.860. The normalized spacial score (nSPS) is 19.8. The Morgan fingerprint density at radius 1 is 1.10 bits per heavy atom. The third-order valence-electron chi connectivity index (χ3n) is 4.41. The lowest BCUT2D eigenvalue weighted by atomic mass is 9.74. The van der Waals surface area contributed by atoms with Gasteiger partial charge in [0, 0.05) is 6.04 Å². The van der Waals surface area contributed by atoms with Crippen LogP contribution in [0.25, 0.3) is 0 Å². The molecule has 0 aromatic heterocycles. The van der Waals surface area contributed by atoms with Gasteiger partial charge in [-0.1, -0.05) is 0 Å². The Morgan fingerprint density at radius 3 is 2.00 bits per heavy atom. The molecule has 0 bridgehead atoms. The molecular weight excluding hydrogens is 296 g/mol. The Kier molecular flexibility index (Phi) is 4.92. The standard InChI is InChI=1S/C13H24N2O5S/c1-12(2,10(16)17)13(3,4)15-11(18)14-9-5-7-21(19,20)8-6-9/h9H,5-8H2,1-4H3,(H,16,17)(H2,14,15,18). The SMILES string of the molecule is CC(C)(NC(=O)NC1CCS(=O)(=O)CC1)C(C)(C)C(=O)O. The lowest BCUT2D eigenvalue weighted by Crippen LogP contribution is -2.60. The Morgan fingerprint density at radius 2 is 1.57 bits per heavy atom. The molecule has 122 valence electrons. The van der Waals surface area contributed by atoms with Crippen LogP contribution in [0.5, 0.6) is 0 Å². The van der Waals surface area contributed by atoms with Crippen molar-refractivity contribution in [3.8, 4) is 0 Å². The molecule has 0 saturated carbocycles. The zero-order valence-corrected chi connectivity index (χ0v) is 13.7. The largest absolute Gasteiger partial charge is 0.481 e. The molecule has 1 aliphatic heterocycles. The van der Waals surface area contributed by atoms with E-state index in [1.165, 1.54) is 0 Å². The highest BCUT2D eigenvalue weighted by atomic mass is 32.2. The van der Waals surface area contributed by atoms with Crippen LogP contribution in [0.15, 0.2) is 0 Å². The first kappa shape index (κ1) is 17.7. The van der Waals surface area contributed by atoms with Crippen molar-refractivity contribution < 1.29 is 23.1 Å². The van der Waals surface area contributed by atoms with Gasteiger partial charge in [-0.15, -0.1) is 0 Å². The van der Waals surface area contributed by atoms with Crippen LogP contribution in [-0.2, 0) is 14.6 Å². The van der Waals surface area contributed by atoms with E-state index in [9.17, 15) is 23.1 Å². The lowest BCUT2D eigenvalue weighted by Gasteiger charge is -2.39. The monoisotopic (exact) mass is 320 g/mol. The number of carbonyl (C=O) groups excluding carboxylic acids is 1. The Bertz CT molecular complexity index is 511. The summed E-state index contributed by atoms with van der Waals surface area (Å²) < 4.78 is 22.6. The summed E-state index contributed by atoms with van der Waals surface area (Å²) in [4.78, 5) is 23.3. The quantitative estimate of drug-likeness (QED) is 0.707. The van der Waals surface area contributed by atoms with Gasteiger partial charge in [0.25, 0.3) is 0 Å². The highest BCUT2D eigenvalue weighted by Gasteiger charge is 2.44. The van der Waals surface area contributed by atoms with E-state index in [1.54, 1.807) is 27.7 Å².